The topological polar surface area (TPSA) is 49.6 Å². The Labute approximate surface area is 132 Å². The SMILES string of the molecule is Cc1cccc(C(O)CNCc2c(Cl)nc3sccn23)c1. The van der Waals surface area contributed by atoms with Crippen LogP contribution in [0.2, 0.25) is 5.15 Å². The maximum absolute atomic E-state index is 10.2. The monoisotopic (exact) mass is 321 g/mol. The van der Waals surface area contributed by atoms with Gasteiger partial charge in [-0.05, 0) is 12.5 Å². The number of nitrogens with zero attached hydrogens (tertiary/aromatic N) is 2. The van der Waals surface area contributed by atoms with E-state index in [2.05, 4.69) is 10.3 Å². The Hall–Kier alpha value is -1.40. The van der Waals surface area contributed by atoms with Gasteiger partial charge in [0.15, 0.2) is 10.1 Å². The average molecular weight is 322 g/mol. The van der Waals surface area contributed by atoms with Crippen LogP contribution in [0.3, 0.4) is 0 Å². The van der Waals surface area contributed by atoms with Gasteiger partial charge in [-0.2, -0.15) is 0 Å². The first-order valence-electron chi connectivity index (χ1n) is 6.70. The minimum absolute atomic E-state index is 0.469. The maximum atomic E-state index is 10.2. The van der Waals surface area contributed by atoms with Gasteiger partial charge in [0.2, 0.25) is 0 Å². The summed E-state index contributed by atoms with van der Waals surface area (Å²) in [5.41, 5.74) is 2.98. The van der Waals surface area contributed by atoms with Gasteiger partial charge in [-0.3, -0.25) is 4.40 Å². The summed E-state index contributed by atoms with van der Waals surface area (Å²) in [6.45, 7) is 3.06. The molecule has 1 aromatic carbocycles. The van der Waals surface area contributed by atoms with Gasteiger partial charge >= 0.3 is 0 Å². The summed E-state index contributed by atoms with van der Waals surface area (Å²) in [5, 5.41) is 15.9. The van der Waals surface area contributed by atoms with Crippen LogP contribution in [0.4, 0.5) is 0 Å². The predicted molar refractivity (Wildman–Crippen MR) is 85.9 cm³/mol. The van der Waals surface area contributed by atoms with Crippen molar-refractivity contribution in [2.75, 3.05) is 6.54 Å². The second kappa shape index (κ2) is 6.15. The van der Waals surface area contributed by atoms with Crippen molar-refractivity contribution in [2.24, 2.45) is 0 Å². The van der Waals surface area contributed by atoms with Crippen molar-refractivity contribution in [3.8, 4) is 0 Å². The second-order valence-corrected chi connectivity index (χ2v) is 6.20. The molecule has 21 heavy (non-hydrogen) atoms. The number of aliphatic hydroxyl groups is 1. The number of imidazole rings is 1. The minimum Gasteiger partial charge on any atom is -0.387 e. The Morgan fingerprint density at radius 1 is 1.48 bits per heavy atom. The summed E-state index contributed by atoms with van der Waals surface area (Å²) in [7, 11) is 0. The maximum Gasteiger partial charge on any atom is 0.195 e. The molecule has 1 unspecified atom stereocenters. The number of aliphatic hydroxyl groups excluding tert-OH is 1. The molecule has 2 heterocycles. The molecule has 110 valence electrons. The zero-order chi connectivity index (χ0) is 14.8. The van der Waals surface area contributed by atoms with E-state index < -0.39 is 6.10 Å². The number of hydrogen-bond donors (Lipinski definition) is 2. The minimum atomic E-state index is -0.533. The first-order chi connectivity index (χ1) is 10.1. The Kier molecular flexibility index (Phi) is 4.26. The van der Waals surface area contributed by atoms with E-state index in [1.807, 2.05) is 47.2 Å². The number of aryl methyl sites for hydroxylation is 1. The van der Waals surface area contributed by atoms with E-state index in [-0.39, 0.29) is 0 Å². The van der Waals surface area contributed by atoms with E-state index in [4.69, 9.17) is 11.6 Å². The molecule has 0 amide bonds. The quantitative estimate of drug-likeness (QED) is 0.759. The van der Waals surface area contributed by atoms with Gasteiger partial charge in [-0.25, -0.2) is 4.98 Å². The zero-order valence-electron chi connectivity index (χ0n) is 11.6. The van der Waals surface area contributed by atoms with Gasteiger partial charge in [0, 0.05) is 24.7 Å². The third kappa shape index (κ3) is 3.11. The number of fused-ring (bicyclic) bond motifs is 1. The van der Waals surface area contributed by atoms with Crippen LogP contribution >= 0.6 is 22.9 Å². The summed E-state index contributed by atoms with van der Waals surface area (Å²) in [5.74, 6) is 0. The van der Waals surface area contributed by atoms with Gasteiger partial charge in [0.25, 0.3) is 0 Å². The summed E-state index contributed by atoms with van der Waals surface area (Å²) in [6, 6.07) is 7.90. The first-order valence-corrected chi connectivity index (χ1v) is 7.96. The fraction of sp³-hybridized carbons (Fsp3) is 0.267. The Bertz CT molecular complexity index is 752. The molecule has 0 bridgehead atoms. The Morgan fingerprint density at radius 2 is 2.33 bits per heavy atom. The molecule has 0 saturated heterocycles. The fourth-order valence-corrected chi connectivity index (χ4v) is 3.31. The number of thiazole rings is 1. The molecule has 0 aliphatic rings. The summed E-state index contributed by atoms with van der Waals surface area (Å²) in [4.78, 5) is 5.17. The normalized spacial score (nSPS) is 12.9. The molecule has 4 nitrogen and oxygen atoms in total. The molecule has 0 aliphatic heterocycles. The van der Waals surface area contributed by atoms with Crippen molar-refractivity contribution in [1.82, 2.24) is 14.7 Å². The highest BCUT2D eigenvalue weighted by Gasteiger charge is 2.12. The smallest absolute Gasteiger partial charge is 0.195 e. The molecule has 6 heteroatoms. The molecular weight excluding hydrogens is 306 g/mol. The van der Waals surface area contributed by atoms with Gasteiger partial charge in [-0.15, -0.1) is 11.3 Å². The zero-order valence-corrected chi connectivity index (χ0v) is 13.2. The van der Waals surface area contributed by atoms with Crippen molar-refractivity contribution in [3.63, 3.8) is 0 Å². The lowest BCUT2D eigenvalue weighted by atomic mass is 10.1. The molecule has 0 saturated carbocycles. The average Bonchev–Trinajstić information content (AvgIpc) is 3.01. The highest BCUT2D eigenvalue weighted by molar-refractivity contribution is 7.15. The summed E-state index contributed by atoms with van der Waals surface area (Å²) < 4.78 is 1.97. The molecule has 0 spiro atoms. The molecule has 3 rings (SSSR count). The Morgan fingerprint density at radius 3 is 3.14 bits per heavy atom. The van der Waals surface area contributed by atoms with E-state index in [1.165, 1.54) is 0 Å². The number of halogens is 1. The highest BCUT2D eigenvalue weighted by Crippen LogP contribution is 2.21. The van der Waals surface area contributed by atoms with Gasteiger partial charge < -0.3 is 10.4 Å². The second-order valence-electron chi connectivity index (χ2n) is 4.97. The molecular formula is C15H16ClN3OS. The van der Waals surface area contributed by atoms with Crippen LogP contribution in [0.15, 0.2) is 35.8 Å². The number of nitrogens with one attached hydrogen (secondary N) is 1. The molecule has 0 aliphatic carbocycles. The van der Waals surface area contributed by atoms with Crippen molar-refractivity contribution >= 4 is 27.9 Å². The predicted octanol–water partition coefficient (Wildman–Crippen LogP) is 3.18. The summed E-state index contributed by atoms with van der Waals surface area (Å²) in [6.07, 6.45) is 1.42. The van der Waals surface area contributed by atoms with Crippen LogP contribution in [0.25, 0.3) is 4.96 Å². The van der Waals surface area contributed by atoms with E-state index in [0.717, 1.165) is 21.8 Å². The van der Waals surface area contributed by atoms with Crippen LogP contribution in [0.1, 0.15) is 22.9 Å². The lowest BCUT2D eigenvalue weighted by molar-refractivity contribution is 0.174. The largest absolute Gasteiger partial charge is 0.387 e. The van der Waals surface area contributed by atoms with Crippen molar-refractivity contribution in [2.45, 2.75) is 19.6 Å². The fourth-order valence-electron chi connectivity index (χ4n) is 2.29. The van der Waals surface area contributed by atoms with Crippen LogP contribution in [-0.4, -0.2) is 21.0 Å². The number of aromatic nitrogens is 2. The van der Waals surface area contributed by atoms with E-state index in [1.54, 1.807) is 11.3 Å². The first kappa shape index (κ1) is 14.5. The third-order valence-corrected chi connectivity index (χ3v) is 4.43. The standard InChI is InChI=1S/C15H16ClN3OS/c1-10-3-2-4-11(7-10)13(20)9-17-8-12-14(16)18-15-19(12)5-6-21-15/h2-7,13,17,20H,8-9H2,1H3. The molecule has 0 fully saturated rings. The molecule has 3 aromatic rings. The van der Waals surface area contributed by atoms with E-state index in [9.17, 15) is 5.11 Å². The van der Waals surface area contributed by atoms with Crippen molar-refractivity contribution < 1.29 is 5.11 Å². The molecule has 1 atom stereocenters. The number of hydrogen-bond acceptors (Lipinski definition) is 4. The van der Waals surface area contributed by atoms with Gasteiger partial charge in [-0.1, -0.05) is 41.4 Å². The Balaban J connectivity index is 1.63. The summed E-state index contributed by atoms with van der Waals surface area (Å²) >= 11 is 7.69. The number of benzene rings is 1. The van der Waals surface area contributed by atoms with E-state index >= 15 is 0 Å². The van der Waals surface area contributed by atoms with Crippen LogP contribution in [-0.2, 0) is 6.54 Å². The van der Waals surface area contributed by atoms with E-state index in [0.29, 0.717) is 18.2 Å². The molecule has 2 N–H and O–H groups in total. The molecule has 2 aromatic heterocycles. The van der Waals surface area contributed by atoms with Crippen LogP contribution in [0.5, 0.6) is 0 Å². The van der Waals surface area contributed by atoms with Crippen LogP contribution < -0.4 is 5.32 Å². The highest BCUT2D eigenvalue weighted by atomic mass is 35.5. The van der Waals surface area contributed by atoms with Crippen molar-refractivity contribution in [1.29, 1.82) is 0 Å². The lowest BCUT2D eigenvalue weighted by Crippen LogP contribution is -2.21. The molecule has 0 radical (unpaired) electrons. The lowest BCUT2D eigenvalue weighted by Gasteiger charge is -2.12. The van der Waals surface area contributed by atoms with Gasteiger partial charge in [0.1, 0.15) is 0 Å². The van der Waals surface area contributed by atoms with Gasteiger partial charge in [0.05, 0.1) is 11.8 Å². The van der Waals surface area contributed by atoms with Crippen molar-refractivity contribution in [3.05, 3.63) is 57.8 Å². The number of rotatable bonds is 5. The third-order valence-electron chi connectivity index (χ3n) is 3.37. The van der Waals surface area contributed by atoms with Crippen LogP contribution in [0, 0.1) is 6.92 Å².